The number of aromatic nitrogens is 3. The van der Waals surface area contributed by atoms with Crippen LogP contribution in [-0.4, -0.2) is 27.7 Å². The molecule has 0 amide bonds. The molecule has 0 saturated carbocycles. The molecule has 0 bridgehead atoms. The number of para-hydroxylation sites is 1. The molecule has 3 rings (SSSR count). The molecule has 0 radical (unpaired) electrons. The highest BCUT2D eigenvalue weighted by atomic mass is 35.5. The molecule has 0 spiro atoms. The minimum Gasteiger partial charge on any atom is -0.493 e. The minimum atomic E-state index is 0.348. The molecule has 0 unspecified atom stereocenters. The smallest absolute Gasteiger partial charge is 0.216 e. The van der Waals surface area contributed by atoms with E-state index in [4.69, 9.17) is 40.2 Å². The van der Waals surface area contributed by atoms with Gasteiger partial charge in [0.25, 0.3) is 0 Å². The van der Waals surface area contributed by atoms with Crippen molar-refractivity contribution in [3.05, 3.63) is 62.8 Å². The van der Waals surface area contributed by atoms with Crippen LogP contribution in [-0.2, 0) is 0 Å². The topological polar surface area (TPSA) is 55.2 Å². The van der Waals surface area contributed by atoms with E-state index in [1.54, 1.807) is 24.4 Å². The normalized spacial score (nSPS) is 11.2. The van der Waals surface area contributed by atoms with E-state index >= 15 is 0 Å². The summed E-state index contributed by atoms with van der Waals surface area (Å²) in [6.45, 7) is 2.46. The van der Waals surface area contributed by atoms with E-state index in [1.807, 2.05) is 31.2 Å². The van der Waals surface area contributed by atoms with E-state index in [2.05, 4.69) is 15.3 Å². The Balaban J connectivity index is 2.07. The highest BCUT2D eigenvalue weighted by Gasteiger charge is 2.13. The van der Waals surface area contributed by atoms with Crippen LogP contribution < -0.4 is 4.74 Å². The Labute approximate surface area is 159 Å². The molecule has 3 aromatic rings. The molecule has 8 heteroatoms. The van der Waals surface area contributed by atoms with Crippen molar-refractivity contribution in [2.45, 2.75) is 6.92 Å². The van der Waals surface area contributed by atoms with E-state index < -0.39 is 0 Å². The lowest BCUT2D eigenvalue weighted by Gasteiger charge is -2.09. The summed E-state index contributed by atoms with van der Waals surface area (Å²) < 4.78 is 7.52. The minimum absolute atomic E-state index is 0.348. The maximum Gasteiger partial charge on any atom is 0.216 e. The van der Waals surface area contributed by atoms with Crippen LogP contribution in [0.1, 0.15) is 12.5 Å². The molecule has 0 aliphatic carbocycles. The molecule has 0 atom stereocenters. The lowest BCUT2D eigenvalue weighted by molar-refractivity contribution is 0.341. The molecular formula is C17H14Cl2N4OS. The number of aromatic amines is 1. The fourth-order valence-electron chi connectivity index (χ4n) is 2.26. The Bertz CT molecular complexity index is 961. The van der Waals surface area contributed by atoms with Crippen LogP contribution in [0.3, 0.4) is 0 Å². The SMILES string of the molecule is CCOc1ccccc1-c1n[nH]c(=S)n1/N=C\c1c(Cl)cccc1Cl. The van der Waals surface area contributed by atoms with Crippen LogP contribution >= 0.6 is 35.4 Å². The molecule has 5 nitrogen and oxygen atoms in total. The number of nitrogens with one attached hydrogen (secondary N) is 1. The largest absolute Gasteiger partial charge is 0.493 e. The maximum absolute atomic E-state index is 6.18. The van der Waals surface area contributed by atoms with Crippen molar-refractivity contribution >= 4 is 41.6 Å². The average molecular weight is 393 g/mol. The monoisotopic (exact) mass is 392 g/mol. The van der Waals surface area contributed by atoms with Crippen molar-refractivity contribution in [1.82, 2.24) is 14.9 Å². The Kier molecular flexibility index (Phi) is 5.53. The first kappa shape index (κ1) is 17.7. The summed E-state index contributed by atoms with van der Waals surface area (Å²) in [5.41, 5.74) is 1.39. The average Bonchev–Trinajstić information content (AvgIpc) is 2.96. The van der Waals surface area contributed by atoms with Gasteiger partial charge in [-0.25, -0.2) is 5.10 Å². The number of halogens is 2. The Morgan fingerprint density at radius 3 is 2.64 bits per heavy atom. The van der Waals surface area contributed by atoms with Gasteiger partial charge in [0, 0.05) is 5.56 Å². The first-order chi connectivity index (χ1) is 12.1. The second-order valence-electron chi connectivity index (χ2n) is 4.97. The lowest BCUT2D eigenvalue weighted by Crippen LogP contribution is -1.99. The van der Waals surface area contributed by atoms with Gasteiger partial charge < -0.3 is 4.74 Å². The zero-order chi connectivity index (χ0) is 17.8. The predicted octanol–water partition coefficient (Wildman–Crippen LogP) is 5.20. The molecule has 1 heterocycles. The molecule has 25 heavy (non-hydrogen) atoms. The van der Waals surface area contributed by atoms with E-state index in [-0.39, 0.29) is 0 Å². The number of ether oxygens (including phenoxy) is 1. The Hall–Kier alpha value is -2.15. The predicted molar refractivity (Wildman–Crippen MR) is 103 cm³/mol. The molecule has 1 aromatic heterocycles. The molecular weight excluding hydrogens is 379 g/mol. The van der Waals surface area contributed by atoms with Crippen molar-refractivity contribution in [3.63, 3.8) is 0 Å². The maximum atomic E-state index is 6.18. The third-order valence-corrected chi connectivity index (χ3v) is 4.30. The Morgan fingerprint density at radius 1 is 1.20 bits per heavy atom. The quantitative estimate of drug-likeness (QED) is 0.479. The zero-order valence-corrected chi connectivity index (χ0v) is 15.6. The summed E-state index contributed by atoms with van der Waals surface area (Å²) in [6.07, 6.45) is 1.56. The van der Waals surface area contributed by atoms with Crippen molar-refractivity contribution in [3.8, 4) is 17.1 Å². The summed E-state index contributed by atoms with van der Waals surface area (Å²) in [5, 5.41) is 12.4. The third-order valence-electron chi connectivity index (χ3n) is 3.38. The van der Waals surface area contributed by atoms with Crippen LogP contribution in [0.15, 0.2) is 47.6 Å². The molecule has 0 saturated heterocycles. The second-order valence-corrected chi connectivity index (χ2v) is 6.17. The van der Waals surface area contributed by atoms with Gasteiger partial charge in [0.15, 0.2) is 5.82 Å². The molecule has 0 aliphatic rings. The van der Waals surface area contributed by atoms with Crippen molar-refractivity contribution in [2.75, 3.05) is 6.61 Å². The van der Waals surface area contributed by atoms with Gasteiger partial charge in [0.1, 0.15) is 5.75 Å². The van der Waals surface area contributed by atoms with E-state index in [1.165, 1.54) is 4.68 Å². The highest BCUT2D eigenvalue weighted by molar-refractivity contribution is 7.71. The van der Waals surface area contributed by atoms with Gasteiger partial charge in [-0.1, -0.05) is 41.4 Å². The van der Waals surface area contributed by atoms with Gasteiger partial charge in [-0.05, 0) is 43.4 Å². The lowest BCUT2D eigenvalue weighted by atomic mass is 10.2. The van der Waals surface area contributed by atoms with E-state index in [9.17, 15) is 0 Å². The zero-order valence-electron chi connectivity index (χ0n) is 13.2. The fraction of sp³-hybridized carbons (Fsp3) is 0.118. The van der Waals surface area contributed by atoms with Crippen LogP contribution in [0.25, 0.3) is 11.4 Å². The summed E-state index contributed by atoms with van der Waals surface area (Å²) in [4.78, 5) is 0. The summed E-state index contributed by atoms with van der Waals surface area (Å²) in [7, 11) is 0. The van der Waals surface area contributed by atoms with Crippen LogP contribution in [0.4, 0.5) is 0 Å². The van der Waals surface area contributed by atoms with Crippen LogP contribution in [0.5, 0.6) is 5.75 Å². The molecule has 0 aliphatic heterocycles. The van der Waals surface area contributed by atoms with Gasteiger partial charge in [-0.15, -0.1) is 0 Å². The van der Waals surface area contributed by atoms with Crippen molar-refractivity contribution in [2.24, 2.45) is 5.10 Å². The van der Waals surface area contributed by atoms with Gasteiger partial charge in [-0.3, -0.25) is 0 Å². The second kappa shape index (κ2) is 7.82. The number of hydrogen-bond donors (Lipinski definition) is 1. The van der Waals surface area contributed by atoms with Crippen LogP contribution in [0, 0.1) is 4.77 Å². The number of nitrogens with zero attached hydrogens (tertiary/aromatic N) is 3. The fourth-order valence-corrected chi connectivity index (χ4v) is 2.93. The third kappa shape index (κ3) is 3.76. The molecule has 0 fully saturated rings. The Morgan fingerprint density at radius 2 is 1.92 bits per heavy atom. The van der Waals surface area contributed by atoms with Gasteiger partial charge in [0.05, 0.1) is 28.4 Å². The summed E-state index contributed by atoms with van der Waals surface area (Å²) in [6, 6.07) is 12.8. The van der Waals surface area contributed by atoms with Crippen molar-refractivity contribution < 1.29 is 4.74 Å². The summed E-state index contributed by atoms with van der Waals surface area (Å²) in [5.74, 6) is 1.24. The number of H-pyrrole nitrogens is 1. The van der Waals surface area contributed by atoms with E-state index in [0.717, 1.165) is 5.56 Å². The van der Waals surface area contributed by atoms with Gasteiger partial charge >= 0.3 is 0 Å². The summed E-state index contributed by atoms with van der Waals surface area (Å²) >= 11 is 17.6. The van der Waals surface area contributed by atoms with Gasteiger partial charge in [-0.2, -0.15) is 14.9 Å². The molecule has 128 valence electrons. The molecule has 1 N–H and O–H groups in total. The number of hydrogen-bond acceptors (Lipinski definition) is 4. The van der Waals surface area contributed by atoms with Crippen molar-refractivity contribution in [1.29, 1.82) is 0 Å². The van der Waals surface area contributed by atoms with E-state index in [0.29, 0.717) is 38.6 Å². The first-order valence-electron chi connectivity index (χ1n) is 7.49. The van der Waals surface area contributed by atoms with Crippen LogP contribution in [0.2, 0.25) is 10.0 Å². The first-order valence-corrected chi connectivity index (χ1v) is 8.66. The number of benzene rings is 2. The molecule has 2 aromatic carbocycles. The number of rotatable bonds is 5. The highest BCUT2D eigenvalue weighted by Crippen LogP contribution is 2.29. The standard InChI is InChI=1S/C17H14Cl2N4OS/c1-2-24-15-9-4-3-6-11(15)16-21-22-17(25)23(16)20-10-12-13(18)7-5-8-14(12)19/h3-10H,2H2,1H3,(H,22,25)/b20-10-. The van der Waals surface area contributed by atoms with Gasteiger partial charge in [0.2, 0.25) is 4.77 Å².